The van der Waals surface area contributed by atoms with Gasteiger partial charge in [0, 0.05) is 16.8 Å². The molecule has 5 nitrogen and oxygen atoms in total. The van der Waals surface area contributed by atoms with Crippen molar-refractivity contribution < 1.29 is 4.39 Å². The Morgan fingerprint density at radius 1 is 1.44 bits per heavy atom. The Morgan fingerprint density at radius 2 is 2.28 bits per heavy atom. The summed E-state index contributed by atoms with van der Waals surface area (Å²) >= 11 is 4.83. The molecule has 0 aliphatic carbocycles. The largest absolute Gasteiger partial charge is 0.329 e. The van der Waals surface area contributed by atoms with E-state index in [1.165, 1.54) is 23.9 Å². The third-order valence-corrected chi connectivity index (χ3v) is 3.98. The van der Waals surface area contributed by atoms with Crippen molar-refractivity contribution in [1.29, 1.82) is 0 Å². The molecule has 0 amide bonds. The molecule has 8 heteroatoms. The van der Waals surface area contributed by atoms with Gasteiger partial charge in [-0.3, -0.25) is 0 Å². The van der Waals surface area contributed by atoms with Crippen LogP contribution in [0.15, 0.2) is 27.8 Å². The van der Waals surface area contributed by atoms with Crippen LogP contribution in [0.3, 0.4) is 0 Å². The maximum absolute atomic E-state index is 13.1. The highest BCUT2D eigenvalue weighted by Gasteiger charge is 2.08. The summed E-state index contributed by atoms with van der Waals surface area (Å²) in [6.45, 7) is 1.04. The maximum atomic E-state index is 13.1. The second-order valence-corrected chi connectivity index (χ2v) is 5.29. The fourth-order valence-corrected chi connectivity index (χ4v) is 2.83. The van der Waals surface area contributed by atoms with Crippen LogP contribution in [-0.4, -0.2) is 26.8 Å². The molecule has 1 aromatic carbocycles. The molecule has 18 heavy (non-hydrogen) atoms. The van der Waals surface area contributed by atoms with E-state index in [1.807, 2.05) is 0 Å². The first-order valence-electron chi connectivity index (χ1n) is 5.23. The van der Waals surface area contributed by atoms with Gasteiger partial charge in [-0.05, 0) is 34.2 Å². The van der Waals surface area contributed by atoms with Crippen LogP contribution in [0.5, 0.6) is 0 Å². The van der Waals surface area contributed by atoms with E-state index in [-0.39, 0.29) is 5.82 Å². The average molecular weight is 332 g/mol. The normalized spacial score (nSPS) is 10.8. The molecular formula is C10H11BrFN5S. The van der Waals surface area contributed by atoms with Gasteiger partial charge in [-0.25, -0.2) is 9.07 Å². The number of halogens is 2. The molecule has 0 aliphatic rings. The van der Waals surface area contributed by atoms with E-state index in [2.05, 4.69) is 31.5 Å². The van der Waals surface area contributed by atoms with Gasteiger partial charge in [-0.15, -0.1) is 5.10 Å². The SMILES string of the molecule is NCCn1nnnc1SCc1cc(F)ccc1Br. The highest BCUT2D eigenvalue weighted by molar-refractivity contribution is 9.10. The van der Waals surface area contributed by atoms with Crippen molar-refractivity contribution in [1.82, 2.24) is 20.2 Å². The summed E-state index contributed by atoms with van der Waals surface area (Å²) in [4.78, 5) is 0. The average Bonchev–Trinajstić information content (AvgIpc) is 2.78. The van der Waals surface area contributed by atoms with Gasteiger partial charge in [0.25, 0.3) is 0 Å². The molecule has 0 unspecified atom stereocenters. The van der Waals surface area contributed by atoms with Crippen LogP contribution < -0.4 is 5.73 Å². The molecule has 2 N–H and O–H groups in total. The van der Waals surface area contributed by atoms with Crippen LogP contribution in [0.2, 0.25) is 0 Å². The molecule has 0 aliphatic heterocycles. The lowest BCUT2D eigenvalue weighted by molar-refractivity contribution is 0.557. The molecule has 1 aromatic heterocycles. The van der Waals surface area contributed by atoms with E-state index in [0.717, 1.165) is 10.0 Å². The highest BCUT2D eigenvalue weighted by atomic mass is 79.9. The number of rotatable bonds is 5. The van der Waals surface area contributed by atoms with Crippen LogP contribution in [0.1, 0.15) is 5.56 Å². The molecule has 0 saturated heterocycles. The minimum atomic E-state index is -0.254. The van der Waals surface area contributed by atoms with Gasteiger partial charge < -0.3 is 5.73 Å². The fourth-order valence-electron chi connectivity index (χ4n) is 1.36. The number of nitrogens with zero attached hydrogens (tertiary/aromatic N) is 4. The second-order valence-electron chi connectivity index (χ2n) is 3.50. The van der Waals surface area contributed by atoms with Gasteiger partial charge >= 0.3 is 0 Å². The van der Waals surface area contributed by atoms with Crippen molar-refractivity contribution in [2.45, 2.75) is 17.5 Å². The predicted molar refractivity (Wildman–Crippen MR) is 70.5 cm³/mol. The lowest BCUT2D eigenvalue weighted by Gasteiger charge is -2.05. The molecule has 96 valence electrons. The van der Waals surface area contributed by atoms with Crippen LogP contribution in [0.4, 0.5) is 4.39 Å². The summed E-state index contributed by atoms with van der Waals surface area (Å²) in [6, 6.07) is 4.60. The number of hydrogen-bond donors (Lipinski definition) is 1. The molecule has 2 rings (SSSR count). The van der Waals surface area contributed by atoms with Crippen molar-refractivity contribution in [3.63, 3.8) is 0 Å². The minimum Gasteiger partial charge on any atom is -0.329 e. The van der Waals surface area contributed by atoms with Gasteiger partial charge in [-0.1, -0.05) is 27.7 Å². The number of tetrazole rings is 1. The van der Waals surface area contributed by atoms with Crippen molar-refractivity contribution in [2.24, 2.45) is 5.73 Å². The van der Waals surface area contributed by atoms with Gasteiger partial charge in [0.15, 0.2) is 0 Å². The van der Waals surface area contributed by atoms with Gasteiger partial charge in [0.1, 0.15) is 5.82 Å². The Hall–Kier alpha value is -0.990. The zero-order valence-corrected chi connectivity index (χ0v) is 11.8. The zero-order chi connectivity index (χ0) is 13.0. The summed E-state index contributed by atoms with van der Waals surface area (Å²) in [5.41, 5.74) is 6.32. The summed E-state index contributed by atoms with van der Waals surface area (Å²) in [7, 11) is 0. The lowest BCUT2D eigenvalue weighted by atomic mass is 10.2. The van der Waals surface area contributed by atoms with Crippen LogP contribution in [0, 0.1) is 5.82 Å². The fraction of sp³-hybridized carbons (Fsp3) is 0.300. The quantitative estimate of drug-likeness (QED) is 0.846. The van der Waals surface area contributed by atoms with Gasteiger partial charge in [0.05, 0.1) is 6.54 Å². The Kier molecular flexibility index (Phi) is 4.67. The number of aromatic nitrogens is 4. The number of benzene rings is 1. The van der Waals surface area contributed by atoms with E-state index in [0.29, 0.717) is 24.0 Å². The Labute approximate surface area is 116 Å². The topological polar surface area (TPSA) is 69.6 Å². The molecule has 0 radical (unpaired) electrons. The Bertz CT molecular complexity index is 533. The molecule has 0 atom stereocenters. The van der Waals surface area contributed by atoms with Crippen LogP contribution in [-0.2, 0) is 12.3 Å². The first kappa shape index (κ1) is 13.4. The first-order chi connectivity index (χ1) is 8.70. The smallest absolute Gasteiger partial charge is 0.209 e. The van der Waals surface area contributed by atoms with Crippen molar-refractivity contribution in [3.05, 3.63) is 34.1 Å². The first-order valence-corrected chi connectivity index (χ1v) is 7.01. The molecule has 0 spiro atoms. The molecular weight excluding hydrogens is 321 g/mol. The Balaban J connectivity index is 2.06. The van der Waals surface area contributed by atoms with Crippen molar-refractivity contribution in [3.8, 4) is 0 Å². The van der Waals surface area contributed by atoms with E-state index >= 15 is 0 Å². The molecule has 0 fully saturated rings. The molecule has 0 bridgehead atoms. The van der Waals surface area contributed by atoms with E-state index < -0.39 is 0 Å². The summed E-state index contributed by atoms with van der Waals surface area (Å²) in [6.07, 6.45) is 0. The summed E-state index contributed by atoms with van der Waals surface area (Å²) in [5.74, 6) is 0.332. The monoisotopic (exact) mass is 331 g/mol. The van der Waals surface area contributed by atoms with Crippen molar-refractivity contribution in [2.75, 3.05) is 6.54 Å². The van der Waals surface area contributed by atoms with Gasteiger partial charge in [0.2, 0.25) is 5.16 Å². The lowest BCUT2D eigenvalue weighted by Crippen LogP contribution is -2.12. The number of thioether (sulfide) groups is 1. The summed E-state index contributed by atoms with van der Waals surface area (Å²) in [5, 5.41) is 12.0. The standard InChI is InChI=1S/C10H11BrFN5S/c11-9-2-1-8(12)5-7(9)6-18-10-14-15-16-17(10)4-3-13/h1-2,5H,3-4,6,13H2. The Morgan fingerprint density at radius 3 is 3.06 bits per heavy atom. The zero-order valence-electron chi connectivity index (χ0n) is 9.38. The molecule has 2 aromatic rings. The third kappa shape index (κ3) is 3.27. The van der Waals surface area contributed by atoms with Crippen LogP contribution in [0.25, 0.3) is 0 Å². The van der Waals surface area contributed by atoms with Crippen LogP contribution >= 0.6 is 27.7 Å². The van der Waals surface area contributed by atoms with E-state index in [1.54, 1.807) is 10.7 Å². The maximum Gasteiger partial charge on any atom is 0.209 e. The number of nitrogens with two attached hydrogens (primary N) is 1. The van der Waals surface area contributed by atoms with Crippen molar-refractivity contribution >= 4 is 27.7 Å². The predicted octanol–water partition coefficient (Wildman–Crippen LogP) is 1.83. The molecule has 1 heterocycles. The van der Waals surface area contributed by atoms with E-state index in [9.17, 15) is 4.39 Å². The third-order valence-electron chi connectivity index (χ3n) is 2.20. The summed E-state index contributed by atoms with van der Waals surface area (Å²) < 4.78 is 15.6. The van der Waals surface area contributed by atoms with Gasteiger partial charge in [-0.2, -0.15) is 0 Å². The minimum absolute atomic E-state index is 0.254. The number of hydrogen-bond acceptors (Lipinski definition) is 5. The molecule has 0 saturated carbocycles. The second kappa shape index (κ2) is 6.26. The van der Waals surface area contributed by atoms with E-state index in [4.69, 9.17) is 5.73 Å². The highest BCUT2D eigenvalue weighted by Crippen LogP contribution is 2.25.